The third kappa shape index (κ3) is 1.59. The second kappa shape index (κ2) is 3.56. The van der Waals surface area contributed by atoms with Gasteiger partial charge in [0.25, 0.3) is 0 Å². The highest BCUT2D eigenvalue weighted by Gasteiger charge is 2.26. The van der Waals surface area contributed by atoms with Crippen LogP contribution in [-0.2, 0) is 4.79 Å². The van der Waals surface area contributed by atoms with E-state index in [1.165, 1.54) is 5.69 Å². The van der Waals surface area contributed by atoms with E-state index >= 15 is 0 Å². The van der Waals surface area contributed by atoms with Gasteiger partial charge in [-0.25, -0.2) is 0 Å². The number of rotatable bonds is 2. The van der Waals surface area contributed by atoms with Gasteiger partial charge in [-0.05, 0) is 26.3 Å². The van der Waals surface area contributed by atoms with E-state index in [1.807, 2.05) is 16.9 Å². The van der Waals surface area contributed by atoms with Crippen molar-refractivity contribution in [2.75, 3.05) is 0 Å². The number of carbonyl (C=O) groups is 1. The van der Waals surface area contributed by atoms with Crippen LogP contribution in [0.4, 0.5) is 0 Å². The lowest BCUT2D eigenvalue weighted by Gasteiger charge is -2.14. The zero-order chi connectivity index (χ0) is 10.1. The molecule has 14 heavy (non-hydrogen) atoms. The highest BCUT2D eigenvalue weighted by atomic mass is 16.1. The molecule has 0 N–H and O–H groups in total. The quantitative estimate of drug-likeness (QED) is 0.720. The normalized spacial score (nSPS) is 22.2. The average Bonchev–Trinajstić information content (AvgIpc) is 2.70. The first-order valence-electron chi connectivity index (χ1n) is 5.23. The molecule has 1 heterocycles. The molecule has 0 spiro atoms. The molecule has 1 saturated carbocycles. The average molecular weight is 192 g/mol. The lowest BCUT2D eigenvalue weighted by molar-refractivity contribution is -0.117. The lowest BCUT2D eigenvalue weighted by atomic mass is 10.0. The van der Waals surface area contributed by atoms with Gasteiger partial charge in [0.1, 0.15) is 5.78 Å². The summed E-state index contributed by atoms with van der Waals surface area (Å²) >= 11 is 0. The molecule has 2 rings (SSSR count). The molecule has 1 aromatic rings. The summed E-state index contributed by atoms with van der Waals surface area (Å²) in [6.45, 7) is 4.24. The van der Waals surface area contributed by atoms with Gasteiger partial charge in [0.15, 0.2) is 0 Å². The van der Waals surface area contributed by atoms with Crippen molar-refractivity contribution in [1.29, 1.82) is 0 Å². The predicted octanol–water partition coefficient (Wildman–Crippen LogP) is 2.30. The van der Waals surface area contributed by atoms with E-state index in [9.17, 15) is 4.79 Å². The maximum Gasteiger partial charge on any atom is 0.133 e. The summed E-state index contributed by atoms with van der Waals surface area (Å²) in [5.41, 5.74) is 1.23. The Bertz CT molecular complexity index is 341. The monoisotopic (exact) mass is 192 g/mol. The van der Waals surface area contributed by atoms with Crippen LogP contribution in [0.1, 0.15) is 50.8 Å². The molecule has 0 aromatic carbocycles. The summed E-state index contributed by atoms with van der Waals surface area (Å²) < 4.78 is 2.03. The summed E-state index contributed by atoms with van der Waals surface area (Å²) in [5, 5.41) is 4.29. The number of nitrogens with zero attached hydrogens (tertiary/aromatic N) is 2. The lowest BCUT2D eigenvalue weighted by Crippen LogP contribution is -2.10. The molecular formula is C11H16N2O. The molecule has 0 saturated heterocycles. The maximum absolute atomic E-state index is 11.2. The van der Waals surface area contributed by atoms with Gasteiger partial charge in [-0.2, -0.15) is 5.10 Å². The van der Waals surface area contributed by atoms with Gasteiger partial charge in [-0.1, -0.05) is 0 Å². The number of ketones is 1. The third-order valence-electron chi connectivity index (χ3n) is 2.85. The van der Waals surface area contributed by atoms with Crippen LogP contribution in [0, 0.1) is 0 Å². The second-order valence-corrected chi connectivity index (χ2v) is 4.27. The Balaban J connectivity index is 2.23. The summed E-state index contributed by atoms with van der Waals surface area (Å²) in [5.74, 6) is 0.805. The van der Waals surface area contributed by atoms with E-state index in [2.05, 4.69) is 18.9 Å². The fourth-order valence-corrected chi connectivity index (χ4v) is 2.15. The topological polar surface area (TPSA) is 34.9 Å². The number of hydrogen-bond acceptors (Lipinski definition) is 2. The van der Waals surface area contributed by atoms with Crippen molar-refractivity contribution in [2.24, 2.45) is 0 Å². The summed E-state index contributed by atoms with van der Waals surface area (Å²) in [6, 6.07) is 2.43. The van der Waals surface area contributed by atoms with E-state index in [-0.39, 0.29) is 0 Å². The van der Waals surface area contributed by atoms with Crippen molar-refractivity contribution in [3.05, 3.63) is 18.0 Å². The minimum Gasteiger partial charge on any atom is -0.300 e. The first kappa shape index (κ1) is 9.44. The minimum absolute atomic E-state index is 0.385. The van der Waals surface area contributed by atoms with Gasteiger partial charge < -0.3 is 0 Å². The Morgan fingerprint density at radius 1 is 1.57 bits per heavy atom. The minimum atomic E-state index is 0.385. The van der Waals surface area contributed by atoms with Crippen molar-refractivity contribution < 1.29 is 4.79 Å². The zero-order valence-electron chi connectivity index (χ0n) is 8.73. The van der Waals surface area contributed by atoms with Crippen molar-refractivity contribution in [2.45, 2.75) is 45.1 Å². The standard InChI is InChI=1S/C11H16N2O/c1-8(2)13-11(5-6-12-13)9-3-4-10(14)7-9/h5-6,8-9H,3-4,7H2,1-2H3. The zero-order valence-corrected chi connectivity index (χ0v) is 8.73. The van der Waals surface area contributed by atoms with Gasteiger partial charge in [0.2, 0.25) is 0 Å². The van der Waals surface area contributed by atoms with Crippen molar-refractivity contribution in [1.82, 2.24) is 9.78 Å². The van der Waals surface area contributed by atoms with Crippen LogP contribution in [0.2, 0.25) is 0 Å². The highest BCUT2D eigenvalue weighted by Crippen LogP contribution is 2.32. The van der Waals surface area contributed by atoms with Crippen molar-refractivity contribution in [3.63, 3.8) is 0 Å². The maximum atomic E-state index is 11.2. The Kier molecular flexibility index (Phi) is 2.40. The van der Waals surface area contributed by atoms with Gasteiger partial charge in [-0.15, -0.1) is 0 Å². The molecular weight excluding hydrogens is 176 g/mol. The Hall–Kier alpha value is -1.12. The van der Waals surface area contributed by atoms with Gasteiger partial charge >= 0.3 is 0 Å². The smallest absolute Gasteiger partial charge is 0.133 e. The molecule has 1 fully saturated rings. The van der Waals surface area contributed by atoms with E-state index < -0.39 is 0 Å². The molecule has 1 aromatic heterocycles. The van der Waals surface area contributed by atoms with Crippen LogP contribution in [0.15, 0.2) is 12.3 Å². The fourth-order valence-electron chi connectivity index (χ4n) is 2.15. The fraction of sp³-hybridized carbons (Fsp3) is 0.636. The first-order valence-corrected chi connectivity index (χ1v) is 5.23. The number of carbonyl (C=O) groups excluding carboxylic acids is 1. The largest absolute Gasteiger partial charge is 0.300 e. The molecule has 1 aliphatic carbocycles. The van der Waals surface area contributed by atoms with Crippen LogP contribution in [0.3, 0.4) is 0 Å². The first-order chi connectivity index (χ1) is 6.68. The van der Waals surface area contributed by atoms with E-state index in [0.717, 1.165) is 12.8 Å². The van der Waals surface area contributed by atoms with Crippen LogP contribution < -0.4 is 0 Å². The van der Waals surface area contributed by atoms with E-state index in [1.54, 1.807) is 0 Å². The second-order valence-electron chi connectivity index (χ2n) is 4.27. The molecule has 0 aliphatic heterocycles. The Morgan fingerprint density at radius 2 is 2.36 bits per heavy atom. The number of aromatic nitrogens is 2. The van der Waals surface area contributed by atoms with Crippen LogP contribution in [0.5, 0.6) is 0 Å². The Labute approximate surface area is 84.1 Å². The van der Waals surface area contributed by atoms with Crippen molar-refractivity contribution >= 4 is 5.78 Å². The summed E-state index contributed by atoms with van der Waals surface area (Å²) in [7, 11) is 0. The molecule has 3 heteroatoms. The molecule has 76 valence electrons. The third-order valence-corrected chi connectivity index (χ3v) is 2.85. The van der Waals surface area contributed by atoms with Crippen LogP contribution >= 0.6 is 0 Å². The van der Waals surface area contributed by atoms with Crippen LogP contribution in [0.25, 0.3) is 0 Å². The molecule has 1 unspecified atom stereocenters. The molecule has 0 bridgehead atoms. The van der Waals surface area contributed by atoms with Gasteiger partial charge in [0, 0.05) is 36.7 Å². The molecule has 0 radical (unpaired) electrons. The van der Waals surface area contributed by atoms with Crippen molar-refractivity contribution in [3.8, 4) is 0 Å². The summed E-state index contributed by atoms with van der Waals surface area (Å²) in [4.78, 5) is 11.2. The Morgan fingerprint density at radius 3 is 2.93 bits per heavy atom. The highest BCUT2D eigenvalue weighted by molar-refractivity contribution is 5.81. The molecule has 0 amide bonds. The number of hydrogen-bond donors (Lipinski definition) is 0. The predicted molar refractivity (Wildman–Crippen MR) is 54.2 cm³/mol. The SMILES string of the molecule is CC(C)n1nccc1C1CCC(=O)C1. The molecule has 1 aliphatic rings. The van der Waals surface area contributed by atoms with Gasteiger partial charge in [-0.3, -0.25) is 9.48 Å². The summed E-state index contributed by atoms with van der Waals surface area (Å²) in [6.07, 6.45) is 4.28. The van der Waals surface area contributed by atoms with Crippen LogP contribution in [-0.4, -0.2) is 15.6 Å². The molecule has 1 atom stereocenters. The number of Topliss-reactive ketones (excluding diaryl/α,β-unsaturated/α-hetero) is 1. The van der Waals surface area contributed by atoms with Gasteiger partial charge in [0.05, 0.1) is 0 Å². The molecule has 3 nitrogen and oxygen atoms in total. The van der Waals surface area contributed by atoms with E-state index in [4.69, 9.17) is 0 Å². The van der Waals surface area contributed by atoms with E-state index in [0.29, 0.717) is 24.2 Å².